The molecule has 1 aliphatic rings. The third kappa shape index (κ3) is 4.41. The Morgan fingerprint density at radius 1 is 1.52 bits per heavy atom. The van der Waals surface area contributed by atoms with Gasteiger partial charge in [-0.3, -0.25) is 4.79 Å². The van der Waals surface area contributed by atoms with E-state index in [9.17, 15) is 9.18 Å². The Balaban J connectivity index is 1.95. The highest BCUT2D eigenvalue weighted by atomic mass is 19.1. The van der Waals surface area contributed by atoms with Crippen LogP contribution in [0.4, 0.5) is 15.8 Å². The molecule has 1 aliphatic heterocycles. The summed E-state index contributed by atoms with van der Waals surface area (Å²) < 4.78 is 19.5. The van der Waals surface area contributed by atoms with Crippen LogP contribution >= 0.6 is 0 Å². The number of benzene rings is 1. The van der Waals surface area contributed by atoms with Gasteiger partial charge in [0, 0.05) is 18.8 Å². The monoisotopic (exact) mass is 295 g/mol. The highest BCUT2D eigenvalue weighted by Gasteiger charge is 2.22. The van der Waals surface area contributed by atoms with Crippen LogP contribution < -0.4 is 16.4 Å². The van der Waals surface area contributed by atoms with E-state index < -0.39 is 11.4 Å². The van der Waals surface area contributed by atoms with Gasteiger partial charge in [-0.15, -0.1) is 0 Å². The molecule has 0 saturated carbocycles. The zero-order valence-corrected chi connectivity index (χ0v) is 12.4. The van der Waals surface area contributed by atoms with Crippen LogP contribution in [0.5, 0.6) is 0 Å². The second-order valence-electron chi connectivity index (χ2n) is 5.89. The van der Waals surface area contributed by atoms with Gasteiger partial charge < -0.3 is 21.1 Å². The lowest BCUT2D eigenvalue weighted by Crippen LogP contribution is -2.45. The standard InChI is InChI=1S/C15H22FN3O2/c1-15(2,17)14(20)19-10-5-6-13(12(16)8-10)18-9-11-4-3-7-21-11/h5-6,8,11,18H,3-4,7,9,17H2,1-2H3,(H,19,20). The molecule has 0 aromatic heterocycles. The smallest absolute Gasteiger partial charge is 0.243 e. The molecule has 0 bridgehead atoms. The van der Waals surface area contributed by atoms with Crippen LogP contribution in [-0.2, 0) is 9.53 Å². The zero-order chi connectivity index (χ0) is 15.5. The minimum Gasteiger partial charge on any atom is -0.380 e. The number of nitrogens with one attached hydrogen (secondary N) is 2. The number of hydrogen-bond acceptors (Lipinski definition) is 4. The molecule has 1 saturated heterocycles. The molecule has 1 atom stereocenters. The van der Waals surface area contributed by atoms with Gasteiger partial charge in [-0.2, -0.15) is 0 Å². The molecule has 1 fully saturated rings. The molecule has 116 valence electrons. The maximum absolute atomic E-state index is 14.0. The molecule has 0 aliphatic carbocycles. The summed E-state index contributed by atoms with van der Waals surface area (Å²) in [6.45, 7) is 4.54. The van der Waals surface area contributed by atoms with E-state index in [0.29, 0.717) is 17.9 Å². The zero-order valence-electron chi connectivity index (χ0n) is 12.4. The molecule has 1 aromatic rings. The molecule has 1 aromatic carbocycles. The van der Waals surface area contributed by atoms with Crippen LogP contribution in [0.3, 0.4) is 0 Å². The number of ether oxygens (including phenoxy) is 1. The molecule has 1 heterocycles. The van der Waals surface area contributed by atoms with E-state index in [4.69, 9.17) is 10.5 Å². The normalized spacial score (nSPS) is 18.6. The van der Waals surface area contributed by atoms with Crippen LogP contribution in [-0.4, -0.2) is 30.7 Å². The van der Waals surface area contributed by atoms with E-state index in [0.717, 1.165) is 19.4 Å². The summed E-state index contributed by atoms with van der Waals surface area (Å²) in [5.41, 5.74) is 5.46. The highest BCUT2D eigenvalue weighted by Crippen LogP contribution is 2.21. The Kier molecular flexibility index (Phi) is 4.80. The summed E-state index contributed by atoms with van der Waals surface area (Å²) in [6, 6.07) is 4.52. The van der Waals surface area contributed by atoms with Gasteiger partial charge in [-0.25, -0.2) is 4.39 Å². The van der Waals surface area contributed by atoms with Crippen molar-refractivity contribution in [2.45, 2.75) is 38.3 Å². The fourth-order valence-corrected chi connectivity index (χ4v) is 2.06. The Bertz CT molecular complexity index is 508. The number of amides is 1. The molecule has 2 rings (SSSR count). The van der Waals surface area contributed by atoms with Crippen molar-refractivity contribution in [2.75, 3.05) is 23.8 Å². The first-order valence-corrected chi connectivity index (χ1v) is 7.11. The maximum atomic E-state index is 14.0. The number of hydrogen-bond donors (Lipinski definition) is 3. The first kappa shape index (κ1) is 15.7. The van der Waals surface area contributed by atoms with Crippen molar-refractivity contribution in [3.8, 4) is 0 Å². The number of carbonyl (C=O) groups is 1. The fraction of sp³-hybridized carbons (Fsp3) is 0.533. The Hall–Kier alpha value is -1.66. The summed E-state index contributed by atoms with van der Waals surface area (Å²) in [4.78, 5) is 11.7. The predicted molar refractivity (Wildman–Crippen MR) is 80.8 cm³/mol. The van der Waals surface area contributed by atoms with Crippen molar-refractivity contribution in [1.82, 2.24) is 0 Å². The third-order valence-corrected chi connectivity index (χ3v) is 3.36. The van der Waals surface area contributed by atoms with Crippen molar-refractivity contribution in [3.05, 3.63) is 24.0 Å². The van der Waals surface area contributed by atoms with E-state index in [1.54, 1.807) is 26.0 Å². The maximum Gasteiger partial charge on any atom is 0.243 e. The molecular weight excluding hydrogens is 273 g/mol. The first-order chi connectivity index (χ1) is 9.86. The summed E-state index contributed by atoms with van der Waals surface area (Å²) in [5, 5.41) is 5.62. The lowest BCUT2D eigenvalue weighted by molar-refractivity contribution is -0.120. The molecular formula is C15H22FN3O2. The Labute approximate surface area is 124 Å². The summed E-state index contributed by atoms with van der Waals surface area (Å²) in [6.07, 6.45) is 2.19. The van der Waals surface area contributed by atoms with Gasteiger partial charge in [0.1, 0.15) is 5.82 Å². The second kappa shape index (κ2) is 6.41. The quantitative estimate of drug-likeness (QED) is 0.777. The number of carbonyl (C=O) groups excluding carboxylic acids is 1. The topological polar surface area (TPSA) is 76.4 Å². The van der Waals surface area contributed by atoms with Gasteiger partial charge >= 0.3 is 0 Å². The predicted octanol–water partition coefficient (Wildman–Crippen LogP) is 2.09. The first-order valence-electron chi connectivity index (χ1n) is 7.11. The van der Waals surface area contributed by atoms with E-state index in [2.05, 4.69) is 10.6 Å². The SMILES string of the molecule is CC(C)(N)C(=O)Nc1ccc(NCC2CCCO2)c(F)c1. The average molecular weight is 295 g/mol. The molecule has 21 heavy (non-hydrogen) atoms. The molecule has 6 heteroatoms. The Morgan fingerprint density at radius 3 is 2.86 bits per heavy atom. The lowest BCUT2D eigenvalue weighted by Gasteiger charge is -2.18. The van der Waals surface area contributed by atoms with Crippen molar-refractivity contribution in [1.29, 1.82) is 0 Å². The van der Waals surface area contributed by atoms with E-state index >= 15 is 0 Å². The van der Waals surface area contributed by atoms with E-state index in [1.165, 1.54) is 6.07 Å². The third-order valence-electron chi connectivity index (χ3n) is 3.36. The summed E-state index contributed by atoms with van der Waals surface area (Å²) in [7, 11) is 0. The van der Waals surface area contributed by atoms with Gasteiger partial charge in [-0.1, -0.05) is 0 Å². The average Bonchev–Trinajstić information content (AvgIpc) is 2.89. The molecule has 1 unspecified atom stereocenters. The van der Waals surface area contributed by atoms with Gasteiger partial charge in [0.15, 0.2) is 0 Å². The number of halogens is 1. The molecule has 5 nitrogen and oxygen atoms in total. The summed E-state index contributed by atoms with van der Waals surface area (Å²) in [5.74, 6) is -0.775. The highest BCUT2D eigenvalue weighted by molar-refractivity contribution is 5.97. The lowest BCUT2D eigenvalue weighted by atomic mass is 10.1. The minimum absolute atomic E-state index is 0.141. The minimum atomic E-state index is -1.01. The van der Waals surface area contributed by atoms with Crippen molar-refractivity contribution < 1.29 is 13.9 Å². The largest absolute Gasteiger partial charge is 0.380 e. The van der Waals surface area contributed by atoms with Gasteiger partial charge in [0.2, 0.25) is 5.91 Å². The van der Waals surface area contributed by atoms with Crippen LogP contribution in [0.1, 0.15) is 26.7 Å². The van der Waals surface area contributed by atoms with Crippen molar-refractivity contribution >= 4 is 17.3 Å². The Morgan fingerprint density at radius 2 is 2.29 bits per heavy atom. The molecule has 1 amide bonds. The second-order valence-corrected chi connectivity index (χ2v) is 5.89. The molecule has 0 radical (unpaired) electrons. The van der Waals surface area contributed by atoms with Gasteiger partial charge in [-0.05, 0) is 44.9 Å². The van der Waals surface area contributed by atoms with E-state index in [1.807, 2.05) is 0 Å². The number of anilines is 2. The van der Waals surface area contributed by atoms with Crippen LogP contribution in [0.2, 0.25) is 0 Å². The fourth-order valence-electron chi connectivity index (χ4n) is 2.06. The van der Waals surface area contributed by atoms with Crippen LogP contribution in [0.15, 0.2) is 18.2 Å². The van der Waals surface area contributed by atoms with Gasteiger partial charge in [0.05, 0.1) is 17.3 Å². The molecule has 0 spiro atoms. The van der Waals surface area contributed by atoms with Crippen molar-refractivity contribution in [3.63, 3.8) is 0 Å². The molecule has 4 N–H and O–H groups in total. The summed E-state index contributed by atoms with van der Waals surface area (Å²) >= 11 is 0. The van der Waals surface area contributed by atoms with Crippen LogP contribution in [0, 0.1) is 5.82 Å². The number of nitrogens with two attached hydrogens (primary N) is 1. The van der Waals surface area contributed by atoms with Crippen molar-refractivity contribution in [2.24, 2.45) is 5.73 Å². The van der Waals surface area contributed by atoms with Crippen LogP contribution in [0.25, 0.3) is 0 Å². The van der Waals surface area contributed by atoms with E-state index in [-0.39, 0.29) is 12.0 Å². The number of rotatable bonds is 5. The van der Waals surface area contributed by atoms with Gasteiger partial charge in [0.25, 0.3) is 0 Å².